The Morgan fingerprint density at radius 2 is 2.10 bits per heavy atom. The summed E-state index contributed by atoms with van der Waals surface area (Å²) in [4.78, 5) is 0. The van der Waals surface area contributed by atoms with Gasteiger partial charge >= 0.3 is 0 Å². The molecule has 0 aromatic heterocycles. The van der Waals surface area contributed by atoms with Gasteiger partial charge in [0.25, 0.3) is 0 Å². The van der Waals surface area contributed by atoms with E-state index in [1.165, 1.54) is 23.3 Å². The highest BCUT2D eigenvalue weighted by molar-refractivity contribution is 6.31. The number of aryl methyl sites for hydroxylation is 1. The number of hydrogen-bond donors (Lipinski definition) is 2. The molecule has 3 N–H and O–H groups in total. The van der Waals surface area contributed by atoms with Crippen LogP contribution in [0.1, 0.15) is 29.0 Å². The molecule has 2 nitrogen and oxygen atoms in total. The fourth-order valence-electron chi connectivity index (χ4n) is 3.25. The molecule has 1 aliphatic carbocycles. The van der Waals surface area contributed by atoms with E-state index in [2.05, 4.69) is 29.7 Å². The lowest BCUT2D eigenvalue weighted by atomic mass is 9.89. The van der Waals surface area contributed by atoms with Crippen molar-refractivity contribution in [3.63, 3.8) is 0 Å². The van der Waals surface area contributed by atoms with Gasteiger partial charge in [-0.05, 0) is 48.1 Å². The van der Waals surface area contributed by atoms with Crippen molar-refractivity contribution in [2.45, 2.75) is 31.2 Å². The van der Waals surface area contributed by atoms with E-state index in [4.69, 9.17) is 17.4 Å². The molecule has 110 valence electrons. The number of halogens is 2. The second kappa shape index (κ2) is 6.14. The maximum atomic E-state index is 13.1. The number of rotatable bonds is 4. The molecule has 2 atom stereocenters. The Morgan fingerprint density at radius 1 is 1.29 bits per heavy atom. The number of fused-ring (bicyclic) bond motifs is 1. The normalized spacial score (nSPS) is 18.5. The van der Waals surface area contributed by atoms with Crippen molar-refractivity contribution < 1.29 is 4.39 Å². The standard InChI is InChI=1S/C17H18ClFN2/c18-16-10-13(19)7-5-12(16)9-17(21-20)15-8-6-11-3-1-2-4-14(11)15/h1-5,7,10,15,17,21H,6,8-9,20H2. The third-order valence-electron chi connectivity index (χ3n) is 4.33. The van der Waals surface area contributed by atoms with Gasteiger partial charge in [0.2, 0.25) is 0 Å². The molecule has 0 aliphatic heterocycles. The summed E-state index contributed by atoms with van der Waals surface area (Å²) in [5.74, 6) is 5.83. The van der Waals surface area contributed by atoms with Crippen LogP contribution in [0.15, 0.2) is 42.5 Å². The van der Waals surface area contributed by atoms with Gasteiger partial charge in [-0.2, -0.15) is 0 Å². The van der Waals surface area contributed by atoms with Crippen molar-refractivity contribution in [2.24, 2.45) is 5.84 Å². The Balaban J connectivity index is 1.83. The third-order valence-corrected chi connectivity index (χ3v) is 4.69. The van der Waals surface area contributed by atoms with Crippen LogP contribution in [0, 0.1) is 5.82 Å². The molecule has 2 unspecified atom stereocenters. The number of hydrazine groups is 1. The van der Waals surface area contributed by atoms with E-state index in [0.717, 1.165) is 18.4 Å². The van der Waals surface area contributed by atoms with Gasteiger partial charge in [-0.3, -0.25) is 11.3 Å². The van der Waals surface area contributed by atoms with Gasteiger partial charge in [0.05, 0.1) is 0 Å². The molecule has 0 heterocycles. The van der Waals surface area contributed by atoms with Gasteiger partial charge in [-0.15, -0.1) is 0 Å². The SMILES string of the molecule is NNC(Cc1ccc(F)cc1Cl)C1CCc2ccccc21. The Kier molecular flexibility index (Phi) is 4.24. The molecule has 3 rings (SSSR count). The Hall–Kier alpha value is -1.42. The molecule has 0 amide bonds. The van der Waals surface area contributed by atoms with Crippen LogP contribution in [0.3, 0.4) is 0 Å². The third kappa shape index (κ3) is 2.95. The van der Waals surface area contributed by atoms with Gasteiger partial charge in [0.1, 0.15) is 5.82 Å². The molecule has 2 aromatic rings. The molecule has 21 heavy (non-hydrogen) atoms. The lowest BCUT2D eigenvalue weighted by molar-refractivity contribution is 0.434. The molecular formula is C17H18ClFN2. The first-order chi connectivity index (χ1) is 10.2. The summed E-state index contributed by atoms with van der Waals surface area (Å²) >= 11 is 6.13. The summed E-state index contributed by atoms with van der Waals surface area (Å²) < 4.78 is 13.1. The highest BCUT2D eigenvalue weighted by atomic mass is 35.5. The van der Waals surface area contributed by atoms with Crippen LogP contribution in [0.4, 0.5) is 4.39 Å². The minimum atomic E-state index is -0.313. The Labute approximate surface area is 129 Å². The summed E-state index contributed by atoms with van der Waals surface area (Å²) in [5, 5.41) is 0.460. The quantitative estimate of drug-likeness (QED) is 0.669. The van der Waals surface area contributed by atoms with Crippen molar-refractivity contribution in [2.75, 3.05) is 0 Å². The van der Waals surface area contributed by atoms with Crippen LogP contribution < -0.4 is 11.3 Å². The zero-order chi connectivity index (χ0) is 14.8. The molecule has 0 fully saturated rings. The predicted octanol–water partition coefficient (Wildman–Crippen LogP) is 3.58. The average molecular weight is 305 g/mol. The molecule has 0 radical (unpaired) electrons. The minimum absolute atomic E-state index is 0.0941. The van der Waals surface area contributed by atoms with Crippen LogP contribution in [0.25, 0.3) is 0 Å². The summed E-state index contributed by atoms with van der Waals surface area (Å²) in [5.41, 5.74) is 6.60. The molecule has 0 spiro atoms. The average Bonchev–Trinajstić information content (AvgIpc) is 2.91. The van der Waals surface area contributed by atoms with E-state index in [9.17, 15) is 4.39 Å². The molecule has 0 saturated carbocycles. The second-order valence-electron chi connectivity index (χ2n) is 5.56. The maximum Gasteiger partial charge on any atom is 0.124 e. The van der Waals surface area contributed by atoms with E-state index in [1.54, 1.807) is 6.07 Å². The topological polar surface area (TPSA) is 38.0 Å². The van der Waals surface area contributed by atoms with Crippen LogP contribution >= 0.6 is 11.6 Å². The molecular weight excluding hydrogens is 287 g/mol. The van der Waals surface area contributed by atoms with Crippen molar-refractivity contribution in [3.05, 3.63) is 70.0 Å². The fourth-order valence-corrected chi connectivity index (χ4v) is 3.49. The smallest absolute Gasteiger partial charge is 0.124 e. The van der Waals surface area contributed by atoms with Gasteiger partial charge in [-0.25, -0.2) is 4.39 Å². The monoisotopic (exact) mass is 304 g/mol. The van der Waals surface area contributed by atoms with Crippen molar-refractivity contribution in [1.29, 1.82) is 0 Å². The molecule has 4 heteroatoms. The fraction of sp³-hybridized carbons (Fsp3) is 0.294. The van der Waals surface area contributed by atoms with E-state index < -0.39 is 0 Å². The molecule has 1 aliphatic rings. The highest BCUT2D eigenvalue weighted by Gasteiger charge is 2.29. The first-order valence-electron chi connectivity index (χ1n) is 7.17. The van der Waals surface area contributed by atoms with Crippen molar-refractivity contribution in [3.8, 4) is 0 Å². The second-order valence-corrected chi connectivity index (χ2v) is 5.96. The number of benzene rings is 2. The van der Waals surface area contributed by atoms with Crippen LogP contribution in [-0.2, 0) is 12.8 Å². The van der Waals surface area contributed by atoms with Crippen LogP contribution in [0.2, 0.25) is 5.02 Å². The zero-order valence-electron chi connectivity index (χ0n) is 11.7. The Bertz CT molecular complexity index is 644. The first-order valence-corrected chi connectivity index (χ1v) is 7.54. The summed E-state index contributed by atoms with van der Waals surface area (Å²) in [7, 11) is 0. The van der Waals surface area contributed by atoms with Crippen molar-refractivity contribution >= 4 is 11.6 Å². The van der Waals surface area contributed by atoms with Crippen LogP contribution in [-0.4, -0.2) is 6.04 Å². The van der Waals surface area contributed by atoms with Gasteiger partial charge in [0, 0.05) is 17.0 Å². The maximum absolute atomic E-state index is 13.1. The lowest BCUT2D eigenvalue weighted by Gasteiger charge is -2.24. The molecule has 2 aromatic carbocycles. The molecule has 0 saturated heterocycles. The number of hydrogen-bond acceptors (Lipinski definition) is 2. The number of nitrogens with one attached hydrogen (secondary N) is 1. The summed E-state index contributed by atoms with van der Waals surface area (Å²) in [6.07, 6.45) is 2.85. The first kappa shape index (κ1) is 14.5. The van der Waals surface area contributed by atoms with E-state index in [1.807, 2.05) is 0 Å². The largest absolute Gasteiger partial charge is 0.271 e. The van der Waals surface area contributed by atoms with Gasteiger partial charge in [0.15, 0.2) is 0 Å². The van der Waals surface area contributed by atoms with Crippen LogP contribution in [0.5, 0.6) is 0 Å². The molecule has 0 bridgehead atoms. The highest BCUT2D eigenvalue weighted by Crippen LogP contribution is 2.36. The predicted molar refractivity (Wildman–Crippen MR) is 83.7 cm³/mol. The zero-order valence-corrected chi connectivity index (χ0v) is 12.4. The Morgan fingerprint density at radius 3 is 2.86 bits per heavy atom. The van der Waals surface area contributed by atoms with Gasteiger partial charge < -0.3 is 0 Å². The lowest BCUT2D eigenvalue weighted by Crippen LogP contribution is -2.40. The summed E-state index contributed by atoms with van der Waals surface area (Å²) in [6.45, 7) is 0. The minimum Gasteiger partial charge on any atom is -0.271 e. The van der Waals surface area contributed by atoms with E-state index in [0.29, 0.717) is 17.4 Å². The van der Waals surface area contributed by atoms with E-state index in [-0.39, 0.29) is 11.9 Å². The number of nitrogens with two attached hydrogens (primary N) is 1. The van der Waals surface area contributed by atoms with Crippen molar-refractivity contribution in [1.82, 2.24) is 5.43 Å². The van der Waals surface area contributed by atoms with Gasteiger partial charge in [-0.1, -0.05) is 41.9 Å². The summed E-state index contributed by atoms with van der Waals surface area (Å²) in [6, 6.07) is 13.1. The van der Waals surface area contributed by atoms with E-state index >= 15 is 0 Å².